The smallest absolute Gasteiger partial charge is 0.241 e. The molecular weight excluding hydrogens is 284 g/mol. The Morgan fingerprint density at radius 1 is 1.24 bits per heavy atom. The molecule has 2 rings (SSSR count). The highest BCUT2D eigenvalue weighted by Crippen LogP contribution is 2.28. The first kappa shape index (κ1) is 16.5. The molecule has 0 radical (unpaired) electrons. The monoisotopic (exact) mass is 310 g/mol. The molecule has 0 heterocycles. The molecule has 1 saturated carbocycles. The van der Waals surface area contributed by atoms with Crippen molar-refractivity contribution in [1.82, 2.24) is 10.0 Å². The SMILES string of the molecule is CNCc1cc(C)c(C)c(S(=O)(=O)NC2CCCC2C)c1. The van der Waals surface area contributed by atoms with Crippen LogP contribution in [-0.2, 0) is 16.6 Å². The summed E-state index contributed by atoms with van der Waals surface area (Å²) in [6.45, 7) is 6.63. The normalized spacial score (nSPS) is 22.7. The van der Waals surface area contributed by atoms with E-state index in [0.717, 1.165) is 36.0 Å². The van der Waals surface area contributed by atoms with Crippen molar-refractivity contribution < 1.29 is 8.42 Å². The van der Waals surface area contributed by atoms with Crippen LogP contribution in [-0.4, -0.2) is 21.5 Å². The number of nitrogens with one attached hydrogen (secondary N) is 2. The van der Waals surface area contributed by atoms with Crippen LogP contribution in [0.4, 0.5) is 0 Å². The van der Waals surface area contributed by atoms with E-state index in [4.69, 9.17) is 0 Å². The molecule has 1 aromatic carbocycles. The van der Waals surface area contributed by atoms with Crippen LogP contribution in [0.3, 0.4) is 0 Å². The Labute approximate surface area is 128 Å². The maximum absolute atomic E-state index is 12.7. The molecule has 1 aliphatic carbocycles. The predicted molar refractivity (Wildman–Crippen MR) is 85.8 cm³/mol. The highest BCUT2D eigenvalue weighted by atomic mass is 32.2. The molecular formula is C16H26N2O2S. The second-order valence-corrected chi connectivity index (χ2v) is 7.88. The summed E-state index contributed by atoms with van der Waals surface area (Å²) < 4.78 is 28.4. The molecule has 1 aromatic rings. The van der Waals surface area contributed by atoms with Crippen LogP contribution >= 0.6 is 0 Å². The standard InChI is InChI=1S/C16H26N2O2S/c1-11-6-5-7-15(11)18-21(19,20)16-9-14(10-17-4)8-12(2)13(16)3/h8-9,11,15,17-18H,5-7,10H2,1-4H3. The molecule has 2 N–H and O–H groups in total. The topological polar surface area (TPSA) is 58.2 Å². The van der Waals surface area contributed by atoms with E-state index in [1.165, 1.54) is 0 Å². The van der Waals surface area contributed by atoms with E-state index < -0.39 is 10.0 Å². The highest BCUT2D eigenvalue weighted by Gasteiger charge is 2.29. The third-order valence-corrected chi connectivity index (χ3v) is 6.13. The van der Waals surface area contributed by atoms with Gasteiger partial charge >= 0.3 is 0 Å². The molecule has 0 saturated heterocycles. The van der Waals surface area contributed by atoms with Crippen molar-refractivity contribution in [2.24, 2.45) is 5.92 Å². The van der Waals surface area contributed by atoms with Crippen molar-refractivity contribution in [1.29, 1.82) is 0 Å². The maximum Gasteiger partial charge on any atom is 0.241 e. The first-order chi connectivity index (χ1) is 9.85. The molecule has 1 fully saturated rings. The van der Waals surface area contributed by atoms with E-state index in [2.05, 4.69) is 17.0 Å². The van der Waals surface area contributed by atoms with Gasteiger partial charge in [0.15, 0.2) is 0 Å². The minimum Gasteiger partial charge on any atom is -0.316 e. The zero-order valence-electron chi connectivity index (χ0n) is 13.4. The fraction of sp³-hybridized carbons (Fsp3) is 0.625. The molecule has 0 amide bonds. The molecule has 0 bridgehead atoms. The van der Waals surface area contributed by atoms with Gasteiger partial charge < -0.3 is 5.32 Å². The van der Waals surface area contributed by atoms with E-state index in [1.807, 2.05) is 27.0 Å². The van der Waals surface area contributed by atoms with Crippen LogP contribution in [0.5, 0.6) is 0 Å². The van der Waals surface area contributed by atoms with Crippen molar-refractivity contribution in [2.75, 3.05) is 7.05 Å². The van der Waals surface area contributed by atoms with Gasteiger partial charge in [0.2, 0.25) is 10.0 Å². The van der Waals surface area contributed by atoms with Crippen molar-refractivity contribution in [3.63, 3.8) is 0 Å². The number of rotatable bonds is 5. The van der Waals surface area contributed by atoms with E-state index in [-0.39, 0.29) is 6.04 Å². The third-order valence-electron chi connectivity index (χ3n) is 4.52. The van der Waals surface area contributed by atoms with Gasteiger partial charge in [-0.25, -0.2) is 13.1 Å². The number of hydrogen-bond donors (Lipinski definition) is 2. The van der Waals surface area contributed by atoms with Gasteiger partial charge in [-0.3, -0.25) is 0 Å². The van der Waals surface area contributed by atoms with E-state index in [9.17, 15) is 8.42 Å². The zero-order chi connectivity index (χ0) is 15.6. The molecule has 5 heteroatoms. The Hall–Kier alpha value is -0.910. The lowest BCUT2D eigenvalue weighted by molar-refractivity contribution is 0.476. The van der Waals surface area contributed by atoms with Crippen LogP contribution in [0.2, 0.25) is 0 Å². The van der Waals surface area contributed by atoms with Crippen molar-refractivity contribution in [3.8, 4) is 0 Å². The molecule has 2 atom stereocenters. The maximum atomic E-state index is 12.7. The van der Waals surface area contributed by atoms with Gasteiger partial charge in [-0.2, -0.15) is 0 Å². The summed E-state index contributed by atoms with van der Waals surface area (Å²) >= 11 is 0. The lowest BCUT2D eigenvalue weighted by Gasteiger charge is -2.19. The lowest BCUT2D eigenvalue weighted by atomic mass is 10.1. The summed E-state index contributed by atoms with van der Waals surface area (Å²) in [5.41, 5.74) is 2.86. The molecule has 0 aromatic heterocycles. The van der Waals surface area contributed by atoms with Gasteiger partial charge in [-0.05, 0) is 62.4 Å². The van der Waals surface area contributed by atoms with Gasteiger partial charge in [-0.1, -0.05) is 19.4 Å². The van der Waals surface area contributed by atoms with Crippen molar-refractivity contribution >= 4 is 10.0 Å². The van der Waals surface area contributed by atoms with Gasteiger partial charge in [0.1, 0.15) is 0 Å². The fourth-order valence-electron chi connectivity index (χ4n) is 3.07. The Balaban J connectivity index is 2.34. The second kappa shape index (κ2) is 6.46. The average molecular weight is 310 g/mol. The quantitative estimate of drug-likeness (QED) is 0.878. The zero-order valence-corrected chi connectivity index (χ0v) is 14.2. The third kappa shape index (κ3) is 3.65. The van der Waals surface area contributed by atoms with Crippen LogP contribution in [0.25, 0.3) is 0 Å². The van der Waals surface area contributed by atoms with E-state index in [1.54, 1.807) is 6.07 Å². The van der Waals surface area contributed by atoms with Crippen LogP contribution in [0.15, 0.2) is 17.0 Å². The molecule has 21 heavy (non-hydrogen) atoms. The van der Waals surface area contributed by atoms with Gasteiger partial charge in [0.25, 0.3) is 0 Å². The number of sulfonamides is 1. The second-order valence-electron chi connectivity index (χ2n) is 6.20. The molecule has 4 nitrogen and oxygen atoms in total. The molecule has 2 unspecified atom stereocenters. The molecule has 1 aliphatic rings. The van der Waals surface area contributed by atoms with Crippen LogP contribution in [0, 0.1) is 19.8 Å². The minimum atomic E-state index is -3.45. The Bertz CT molecular complexity index is 611. The summed E-state index contributed by atoms with van der Waals surface area (Å²) in [4.78, 5) is 0.423. The Kier molecular flexibility index (Phi) is 5.07. The van der Waals surface area contributed by atoms with Crippen molar-refractivity contribution in [2.45, 2.75) is 57.5 Å². The Morgan fingerprint density at radius 2 is 1.95 bits per heavy atom. The first-order valence-electron chi connectivity index (χ1n) is 7.62. The minimum absolute atomic E-state index is 0.0719. The number of aryl methyl sites for hydroxylation is 1. The average Bonchev–Trinajstić information content (AvgIpc) is 2.79. The van der Waals surface area contributed by atoms with Gasteiger partial charge in [-0.15, -0.1) is 0 Å². The van der Waals surface area contributed by atoms with E-state index >= 15 is 0 Å². The summed E-state index contributed by atoms with van der Waals surface area (Å²) in [5, 5.41) is 3.07. The highest BCUT2D eigenvalue weighted by molar-refractivity contribution is 7.89. The largest absolute Gasteiger partial charge is 0.316 e. The first-order valence-corrected chi connectivity index (χ1v) is 9.10. The number of benzene rings is 1. The summed E-state index contributed by atoms with van der Waals surface area (Å²) in [7, 11) is -1.59. The Morgan fingerprint density at radius 3 is 2.52 bits per heavy atom. The van der Waals surface area contributed by atoms with E-state index in [0.29, 0.717) is 17.4 Å². The van der Waals surface area contributed by atoms with Crippen LogP contribution < -0.4 is 10.0 Å². The van der Waals surface area contributed by atoms with Gasteiger partial charge in [0, 0.05) is 12.6 Å². The molecule has 118 valence electrons. The summed E-state index contributed by atoms with van der Waals surface area (Å²) in [6.07, 6.45) is 3.14. The number of hydrogen-bond acceptors (Lipinski definition) is 3. The van der Waals surface area contributed by atoms with Gasteiger partial charge in [0.05, 0.1) is 4.90 Å². The summed E-state index contributed by atoms with van der Waals surface area (Å²) in [6, 6.07) is 3.91. The summed E-state index contributed by atoms with van der Waals surface area (Å²) in [5.74, 6) is 0.418. The van der Waals surface area contributed by atoms with Crippen molar-refractivity contribution in [3.05, 3.63) is 28.8 Å². The fourth-order valence-corrected chi connectivity index (χ4v) is 4.81. The molecule has 0 aliphatic heterocycles. The van der Waals surface area contributed by atoms with Crippen LogP contribution in [0.1, 0.15) is 42.9 Å². The lowest BCUT2D eigenvalue weighted by Crippen LogP contribution is -2.36. The molecule has 0 spiro atoms. The predicted octanol–water partition coefficient (Wildman–Crippen LogP) is 2.49.